The van der Waals surface area contributed by atoms with Gasteiger partial charge >= 0.3 is 0 Å². The van der Waals surface area contributed by atoms with Crippen molar-refractivity contribution in [2.75, 3.05) is 13.7 Å². The smallest absolute Gasteiger partial charge is 0.255 e. The van der Waals surface area contributed by atoms with Gasteiger partial charge in [-0.05, 0) is 41.5 Å². The fourth-order valence-corrected chi connectivity index (χ4v) is 3.68. The van der Waals surface area contributed by atoms with E-state index in [-0.39, 0.29) is 4.90 Å². The lowest BCUT2D eigenvalue weighted by Gasteiger charge is -2.11. The monoisotopic (exact) mass is 453 g/mol. The van der Waals surface area contributed by atoms with Gasteiger partial charge in [0.25, 0.3) is 5.91 Å². The van der Waals surface area contributed by atoms with Crippen molar-refractivity contribution in [1.29, 1.82) is 0 Å². The van der Waals surface area contributed by atoms with Crippen molar-refractivity contribution in [3.05, 3.63) is 90.0 Å². The van der Waals surface area contributed by atoms with E-state index in [1.165, 1.54) is 25.5 Å². The highest BCUT2D eigenvalue weighted by Crippen LogP contribution is 2.28. The van der Waals surface area contributed by atoms with Crippen LogP contribution in [-0.4, -0.2) is 34.2 Å². The molecule has 32 heavy (non-hydrogen) atoms. The van der Waals surface area contributed by atoms with Crippen LogP contribution in [-0.2, 0) is 21.4 Å². The molecule has 0 aliphatic heterocycles. The van der Waals surface area contributed by atoms with Crippen LogP contribution in [0.25, 0.3) is 0 Å². The number of hydrogen-bond donors (Lipinski definition) is 2. The Balaban J connectivity index is 1.52. The van der Waals surface area contributed by atoms with Crippen LogP contribution in [0.2, 0.25) is 0 Å². The summed E-state index contributed by atoms with van der Waals surface area (Å²) >= 11 is 0. The lowest BCUT2D eigenvalue weighted by Crippen LogP contribution is -2.34. The molecule has 0 spiro atoms. The van der Waals surface area contributed by atoms with Crippen molar-refractivity contribution in [2.24, 2.45) is 5.10 Å². The molecule has 166 valence electrons. The van der Waals surface area contributed by atoms with Gasteiger partial charge in [-0.25, -0.2) is 18.6 Å². The van der Waals surface area contributed by atoms with E-state index in [0.717, 1.165) is 5.56 Å². The number of sulfonamides is 1. The number of benzene rings is 3. The fraction of sp³-hybridized carbons (Fsp3) is 0.130. The second-order valence-electron chi connectivity index (χ2n) is 6.62. The van der Waals surface area contributed by atoms with E-state index < -0.39 is 22.5 Å². The average molecular weight is 454 g/mol. The standard InChI is InChI=1S/C23H23N3O5S/c1-30-22-14-19(12-13-21(22)31-17-18-8-4-2-5-9-18)15-24-26-23(27)16-25-32(28,29)20-10-6-3-7-11-20/h2-15,25H,16-17H2,1H3,(H,26,27)/b24-15-. The minimum Gasteiger partial charge on any atom is -0.493 e. The molecule has 0 saturated heterocycles. The van der Waals surface area contributed by atoms with E-state index in [0.29, 0.717) is 23.7 Å². The highest BCUT2D eigenvalue weighted by molar-refractivity contribution is 7.89. The quantitative estimate of drug-likeness (QED) is 0.363. The summed E-state index contributed by atoms with van der Waals surface area (Å²) in [5.41, 5.74) is 3.98. The Morgan fingerprint density at radius 3 is 2.34 bits per heavy atom. The van der Waals surface area contributed by atoms with Crippen LogP contribution in [0.3, 0.4) is 0 Å². The summed E-state index contributed by atoms with van der Waals surface area (Å²) in [6.45, 7) is -0.0380. The average Bonchev–Trinajstić information content (AvgIpc) is 2.83. The SMILES string of the molecule is COc1cc(/C=N\NC(=O)CNS(=O)(=O)c2ccccc2)ccc1OCc1ccccc1. The molecule has 9 heteroatoms. The first-order valence-electron chi connectivity index (χ1n) is 9.69. The number of carbonyl (C=O) groups is 1. The molecule has 0 saturated carbocycles. The second kappa shape index (κ2) is 11.1. The number of rotatable bonds is 10. The predicted molar refractivity (Wildman–Crippen MR) is 121 cm³/mol. The number of nitrogens with zero attached hydrogens (tertiary/aromatic N) is 1. The Morgan fingerprint density at radius 1 is 0.969 bits per heavy atom. The van der Waals surface area contributed by atoms with Crippen LogP contribution in [0.1, 0.15) is 11.1 Å². The van der Waals surface area contributed by atoms with Crippen molar-refractivity contribution in [3.63, 3.8) is 0 Å². The lowest BCUT2D eigenvalue weighted by molar-refractivity contribution is -0.119. The molecule has 8 nitrogen and oxygen atoms in total. The third-order valence-electron chi connectivity index (χ3n) is 4.30. The summed E-state index contributed by atoms with van der Waals surface area (Å²) in [6, 6.07) is 22.8. The normalized spacial score (nSPS) is 11.3. The van der Waals surface area contributed by atoms with Gasteiger partial charge in [-0.15, -0.1) is 0 Å². The van der Waals surface area contributed by atoms with Gasteiger partial charge in [0.05, 0.1) is 24.8 Å². The first-order valence-corrected chi connectivity index (χ1v) is 11.2. The fourth-order valence-electron chi connectivity index (χ4n) is 2.68. The molecule has 1 amide bonds. The molecule has 0 heterocycles. The predicted octanol–water partition coefficient (Wildman–Crippen LogP) is 2.70. The number of methoxy groups -OCH3 is 1. The lowest BCUT2D eigenvalue weighted by atomic mass is 10.2. The molecule has 0 fully saturated rings. The summed E-state index contributed by atoms with van der Waals surface area (Å²) in [4.78, 5) is 12.0. The minimum absolute atomic E-state index is 0.0815. The molecule has 0 aliphatic rings. The zero-order chi connectivity index (χ0) is 22.8. The van der Waals surface area contributed by atoms with Gasteiger partial charge in [0.1, 0.15) is 6.61 Å². The molecule has 3 aromatic carbocycles. The number of hydrazone groups is 1. The summed E-state index contributed by atoms with van der Waals surface area (Å²) in [6.07, 6.45) is 1.42. The Kier molecular flexibility index (Phi) is 7.96. The Labute approximate surface area is 186 Å². The van der Waals surface area contributed by atoms with E-state index in [4.69, 9.17) is 9.47 Å². The molecular weight excluding hydrogens is 430 g/mol. The Bertz CT molecular complexity index is 1170. The van der Waals surface area contributed by atoms with Gasteiger partial charge in [-0.1, -0.05) is 48.5 Å². The summed E-state index contributed by atoms with van der Waals surface area (Å²) in [5.74, 6) is 0.496. The van der Waals surface area contributed by atoms with Crippen molar-refractivity contribution in [3.8, 4) is 11.5 Å². The summed E-state index contributed by atoms with van der Waals surface area (Å²) in [5, 5.41) is 3.86. The minimum atomic E-state index is -3.77. The van der Waals surface area contributed by atoms with Gasteiger partial charge in [0.2, 0.25) is 10.0 Å². The van der Waals surface area contributed by atoms with E-state index in [1.807, 2.05) is 30.3 Å². The van der Waals surface area contributed by atoms with Crippen LogP contribution < -0.4 is 19.6 Å². The third-order valence-corrected chi connectivity index (χ3v) is 5.72. The highest BCUT2D eigenvalue weighted by atomic mass is 32.2. The topological polar surface area (TPSA) is 106 Å². The van der Waals surface area contributed by atoms with Crippen molar-refractivity contribution >= 4 is 22.1 Å². The zero-order valence-corrected chi connectivity index (χ0v) is 18.2. The molecule has 0 atom stereocenters. The molecule has 2 N–H and O–H groups in total. The molecular formula is C23H23N3O5S. The number of hydrogen-bond acceptors (Lipinski definition) is 6. The molecule has 0 bridgehead atoms. The molecule has 0 aromatic heterocycles. The van der Waals surface area contributed by atoms with Crippen molar-refractivity contribution in [2.45, 2.75) is 11.5 Å². The van der Waals surface area contributed by atoms with E-state index >= 15 is 0 Å². The molecule has 3 rings (SSSR count). The molecule has 0 unspecified atom stereocenters. The summed E-state index contributed by atoms with van der Waals surface area (Å²) in [7, 11) is -2.23. The maximum absolute atomic E-state index is 12.1. The number of carbonyl (C=O) groups excluding carboxylic acids is 1. The zero-order valence-electron chi connectivity index (χ0n) is 17.4. The molecule has 0 radical (unpaired) electrons. The van der Waals surface area contributed by atoms with Gasteiger partial charge in [-0.3, -0.25) is 4.79 Å². The van der Waals surface area contributed by atoms with Gasteiger partial charge in [-0.2, -0.15) is 5.10 Å². The number of nitrogens with one attached hydrogen (secondary N) is 2. The first kappa shape index (κ1) is 23.0. The van der Waals surface area contributed by atoms with Gasteiger partial charge in [0, 0.05) is 0 Å². The Morgan fingerprint density at radius 2 is 1.66 bits per heavy atom. The highest BCUT2D eigenvalue weighted by Gasteiger charge is 2.14. The van der Waals surface area contributed by atoms with E-state index in [9.17, 15) is 13.2 Å². The van der Waals surface area contributed by atoms with Gasteiger partial charge < -0.3 is 9.47 Å². The van der Waals surface area contributed by atoms with Crippen LogP contribution in [0.15, 0.2) is 88.9 Å². The van der Waals surface area contributed by atoms with Crippen LogP contribution in [0.5, 0.6) is 11.5 Å². The van der Waals surface area contributed by atoms with Gasteiger partial charge in [0.15, 0.2) is 11.5 Å². The largest absolute Gasteiger partial charge is 0.493 e. The van der Waals surface area contributed by atoms with Crippen LogP contribution in [0.4, 0.5) is 0 Å². The second-order valence-corrected chi connectivity index (χ2v) is 8.38. The van der Waals surface area contributed by atoms with Crippen molar-refractivity contribution in [1.82, 2.24) is 10.1 Å². The van der Waals surface area contributed by atoms with Crippen LogP contribution in [0, 0.1) is 0 Å². The Hall–Kier alpha value is -3.69. The molecule has 0 aliphatic carbocycles. The maximum Gasteiger partial charge on any atom is 0.255 e. The first-order chi connectivity index (χ1) is 15.5. The maximum atomic E-state index is 12.1. The van der Waals surface area contributed by atoms with Crippen molar-refractivity contribution < 1.29 is 22.7 Å². The van der Waals surface area contributed by atoms with Crippen LogP contribution >= 0.6 is 0 Å². The number of amides is 1. The number of ether oxygens (including phenoxy) is 2. The van der Waals surface area contributed by atoms with E-state index in [2.05, 4.69) is 15.2 Å². The summed E-state index contributed by atoms with van der Waals surface area (Å²) < 4.78 is 37.6. The molecule has 3 aromatic rings. The van der Waals surface area contributed by atoms with E-state index in [1.54, 1.807) is 36.4 Å². The third kappa shape index (κ3) is 6.66.